The van der Waals surface area contributed by atoms with Gasteiger partial charge in [0, 0.05) is 31.2 Å². The van der Waals surface area contributed by atoms with Crippen molar-refractivity contribution in [3.05, 3.63) is 28.8 Å². The van der Waals surface area contributed by atoms with E-state index in [1.54, 1.807) is 7.11 Å². The number of aryl methyl sites for hydroxylation is 2. The maximum absolute atomic E-state index is 5.53. The van der Waals surface area contributed by atoms with Crippen molar-refractivity contribution in [2.45, 2.75) is 40.3 Å². The van der Waals surface area contributed by atoms with Gasteiger partial charge in [0.2, 0.25) is 0 Å². The van der Waals surface area contributed by atoms with Gasteiger partial charge < -0.3 is 15.0 Å². The Morgan fingerprint density at radius 3 is 2.53 bits per heavy atom. The number of benzene rings is 1. The van der Waals surface area contributed by atoms with Crippen LogP contribution in [-0.2, 0) is 6.54 Å². The first-order valence-corrected chi connectivity index (χ1v) is 7.00. The average Bonchev–Trinajstić information content (AvgIpc) is 2.27. The van der Waals surface area contributed by atoms with Crippen LogP contribution in [0.2, 0.25) is 0 Å². The Kier molecular flexibility index (Phi) is 6.32. The fraction of sp³-hybridized carbons (Fsp3) is 0.625. The predicted molar refractivity (Wildman–Crippen MR) is 81.9 cm³/mol. The SMILES string of the molecule is COc1c(C)cc(C)cc1CN(C)CCNC(C)C. The highest BCUT2D eigenvalue weighted by Gasteiger charge is 2.09. The van der Waals surface area contributed by atoms with E-state index in [0.29, 0.717) is 6.04 Å². The van der Waals surface area contributed by atoms with Crippen LogP contribution in [0.15, 0.2) is 12.1 Å². The molecule has 1 aromatic rings. The Hall–Kier alpha value is -1.06. The maximum atomic E-state index is 5.53. The number of rotatable bonds is 7. The van der Waals surface area contributed by atoms with E-state index in [4.69, 9.17) is 4.74 Å². The van der Waals surface area contributed by atoms with Crippen molar-refractivity contribution in [1.82, 2.24) is 10.2 Å². The standard InChI is InChI=1S/C16H28N2O/c1-12(2)17-7-8-18(5)11-15-10-13(3)9-14(4)16(15)19-6/h9-10,12,17H,7-8,11H2,1-6H3. The second-order valence-corrected chi connectivity index (χ2v) is 5.62. The number of hydrogen-bond acceptors (Lipinski definition) is 3. The first-order chi connectivity index (χ1) is 8.93. The van der Waals surface area contributed by atoms with Crippen LogP contribution in [0, 0.1) is 13.8 Å². The molecule has 1 rings (SSSR count). The largest absolute Gasteiger partial charge is 0.496 e. The Bertz CT molecular complexity index is 402. The molecule has 0 heterocycles. The van der Waals surface area contributed by atoms with E-state index in [9.17, 15) is 0 Å². The third kappa shape index (κ3) is 5.21. The Morgan fingerprint density at radius 2 is 1.95 bits per heavy atom. The summed E-state index contributed by atoms with van der Waals surface area (Å²) in [7, 11) is 3.90. The third-order valence-corrected chi connectivity index (χ3v) is 3.19. The van der Waals surface area contributed by atoms with Gasteiger partial charge in [0.15, 0.2) is 0 Å². The highest BCUT2D eigenvalue weighted by atomic mass is 16.5. The molecule has 0 amide bonds. The van der Waals surface area contributed by atoms with E-state index in [0.717, 1.165) is 25.4 Å². The molecule has 0 radical (unpaired) electrons. The molecule has 0 aliphatic carbocycles. The van der Waals surface area contributed by atoms with Crippen LogP contribution in [-0.4, -0.2) is 38.2 Å². The number of methoxy groups -OCH3 is 1. The minimum absolute atomic E-state index is 0.546. The second kappa shape index (κ2) is 7.51. The highest BCUT2D eigenvalue weighted by molar-refractivity contribution is 5.43. The summed E-state index contributed by atoms with van der Waals surface area (Å²) in [6.45, 7) is 11.6. The summed E-state index contributed by atoms with van der Waals surface area (Å²) in [5, 5.41) is 3.44. The average molecular weight is 264 g/mol. The zero-order chi connectivity index (χ0) is 14.4. The van der Waals surface area contributed by atoms with Gasteiger partial charge in [0.1, 0.15) is 5.75 Å². The summed E-state index contributed by atoms with van der Waals surface area (Å²) in [4.78, 5) is 2.33. The van der Waals surface area contributed by atoms with Crippen molar-refractivity contribution in [2.24, 2.45) is 0 Å². The fourth-order valence-electron chi connectivity index (χ4n) is 2.37. The monoisotopic (exact) mass is 264 g/mol. The molecule has 3 nitrogen and oxygen atoms in total. The van der Waals surface area contributed by atoms with Gasteiger partial charge in [-0.15, -0.1) is 0 Å². The topological polar surface area (TPSA) is 24.5 Å². The van der Waals surface area contributed by atoms with Crippen molar-refractivity contribution in [1.29, 1.82) is 0 Å². The Morgan fingerprint density at radius 1 is 1.26 bits per heavy atom. The molecule has 0 fully saturated rings. The van der Waals surface area contributed by atoms with Crippen molar-refractivity contribution in [2.75, 3.05) is 27.2 Å². The number of nitrogens with one attached hydrogen (secondary N) is 1. The van der Waals surface area contributed by atoms with Gasteiger partial charge in [-0.05, 0) is 26.5 Å². The quantitative estimate of drug-likeness (QED) is 0.819. The summed E-state index contributed by atoms with van der Waals surface area (Å²) in [6, 6.07) is 4.94. The van der Waals surface area contributed by atoms with Crippen LogP contribution in [0.3, 0.4) is 0 Å². The van der Waals surface area contributed by atoms with Gasteiger partial charge in [0.05, 0.1) is 7.11 Å². The van der Waals surface area contributed by atoms with Gasteiger partial charge in [0.25, 0.3) is 0 Å². The summed E-state index contributed by atoms with van der Waals surface area (Å²) < 4.78 is 5.53. The molecular formula is C16H28N2O. The molecule has 0 bridgehead atoms. The number of nitrogens with zero attached hydrogens (tertiary/aromatic N) is 1. The number of likely N-dealkylation sites (N-methyl/N-ethyl adjacent to an activating group) is 1. The van der Waals surface area contributed by atoms with Crippen molar-refractivity contribution in [3.63, 3.8) is 0 Å². The van der Waals surface area contributed by atoms with Gasteiger partial charge in [-0.2, -0.15) is 0 Å². The molecule has 0 aromatic heterocycles. The Balaban J connectivity index is 2.65. The molecule has 19 heavy (non-hydrogen) atoms. The van der Waals surface area contributed by atoms with Crippen molar-refractivity contribution in [3.8, 4) is 5.75 Å². The van der Waals surface area contributed by atoms with Gasteiger partial charge >= 0.3 is 0 Å². The minimum Gasteiger partial charge on any atom is -0.496 e. The fourth-order valence-corrected chi connectivity index (χ4v) is 2.37. The molecule has 0 aliphatic heterocycles. The van der Waals surface area contributed by atoms with Crippen LogP contribution >= 0.6 is 0 Å². The molecule has 0 saturated carbocycles. The zero-order valence-corrected chi connectivity index (χ0v) is 13.2. The molecule has 0 saturated heterocycles. The van der Waals surface area contributed by atoms with Crippen LogP contribution < -0.4 is 10.1 Å². The highest BCUT2D eigenvalue weighted by Crippen LogP contribution is 2.25. The molecule has 108 valence electrons. The van der Waals surface area contributed by atoms with E-state index >= 15 is 0 Å². The molecule has 0 spiro atoms. The van der Waals surface area contributed by atoms with Crippen molar-refractivity contribution >= 4 is 0 Å². The van der Waals surface area contributed by atoms with Crippen LogP contribution in [0.4, 0.5) is 0 Å². The maximum Gasteiger partial charge on any atom is 0.126 e. The molecule has 1 aromatic carbocycles. The molecule has 0 atom stereocenters. The second-order valence-electron chi connectivity index (χ2n) is 5.62. The van der Waals surface area contributed by atoms with E-state index in [-0.39, 0.29) is 0 Å². The third-order valence-electron chi connectivity index (χ3n) is 3.19. The van der Waals surface area contributed by atoms with Crippen LogP contribution in [0.5, 0.6) is 5.75 Å². The lowest BCUT2D eigenvalue weighted by molar-refractivity contribution is 0.311. The van der Waals surface area contributed by atoms with E-state index in [1.165, 1.54) is 16.7 Å². The van der Waals surface area contributed by atoms with Crippen LogP contribution in [0.25, 0.3) is 0 Å². The summed E-state index contributed by atoms with van der Waals surface area (Å²) >= 11 is 0. The minimum atomic E-state index is 0.546. The Labute approximate surface area is 118 Å². The van der Waals surface area contributed by atoms with E-state index < -0.39 is 0 Å². The number of ether oxygens (including phenoxy) is 1. The molecule has 0 unspecified atom stereocenters. The van der Waals surface area contributed by atoms with E-state index in [1.807, 2.05) is 0 Å². The summed E-state index contributed by atoms with van der Waals surface area (Å²) in [6.07, 6.45) is 0. The summed E-state index contributed by atoms with van der Waals surface area (Å²) in [5.74, 6) is 1.02. The van der Waals surface area contributed by atoms with Gasteiger partial charge in [-0.1, -0.05) is 31.5 Å². The lowest BCUT2D eigenvalue weighted by Gasteiger charge is -2.20. The molecule has 1 N–H and O–H groups in total. The summed E-state index contributed by atoms with van der Waals surface area (Å²) in [5.41, 5.74) is 3.78. The lowest BCUT2D eigenvalue weighted by Crippen LogP contribution is -2.32. The zero-order valence-electron chi connectivity index (χ0n) is 13.2. The molecular weight excluding hydrogens is 236 g/mol. The first kappa shape index (κ1) is 16.0. The van der Waals surface area contributed by atoms with Gasteiger partial charge in [-0.3, -0.25) is 0 Å². The van der Waals surface area contributed by atoms with Crippen molar-refractivity contribution < 1.29 is 4.74 Å². The predicted octanol–water partition coefficient (Wildman–Crippen LogP) is 2.74. The van der Waals surface area contributed by atoms with Gasteiger partial charge in [-0.25, -0.2) is 0 Å². The molecule has 3 heteroatoms. The number of hydrogen-bond donors (Lipinski definition) is 1. The first-order valence-electron chi connectivity index (χ1n) is 7.00. The molecule has 0 aliphatic rings. The van der Waals surface area contributed by atoms with E-state index in [2.05, 4.69) is 57.1 Å². The lowest BCUT2D eigenvalue weighted by atomic mass is 10.1. The smallest absolute Gasteiger partial charge is 0.126 e. The van der Waals surface area contributed by atoms with Crippen LogP contribution in [0.1, 0.15) is 30.5 Å². The normalized spacial score (nSPS) is 11.4.